The van der Waals surface area contributed by atoms with Crippen LogP contribution in [0.15, 0.2) is 35.5 Å². The van der Waals surface area contributed by atoms with Crippen LogP contribution in [-0.4, -0.2) is 22.4 Å². The van der Waals surface area contributed by atoms with Crippen LogP contribution in [0.1, 0.15) is 210 Å². The second-order valence-corrected chi connectivity index (χ2v) is 23.4. The van der Waals surface area contributed by atoms with Crippen LogP contribution in [0, 0.1) is 81.3 Å². The van der Waals surface area contributed by atoms with Gasteiger partial charge in [-0.1, -0.05) is 131 Å². The van der Waals surface area contributed by atoms with Crippen molar-refractivity contribution in [2.24, 2.45) is 81.3 Å². The van der Waals surface area contributed by atoms with Crippen molar-refractivity contribution in [2.45, 2.75) is 222 Å². The van der Waals surface area contributed by atoms with Crippen LogP contribution in [0.25, 0.3) is 0 Å². The van der Waals surface area contributed by atoms with Crippen molar-refractivity contribution in [1.82, 2.24) is 0 Å². The van der Waals surface area contributed by atoms with Crippen molar-refractivity contribution in [3.63, 3.8) is 0 Å². The summed E-state index contributed by atoms with van der Waals surface area (Å²) in [6.45, 7) is 26.8. The lowest BCUT2D eigenvalue weighted by Gasteiger charge is -2.61. The van der Waals surface area contributed by atoms with Crippen LogP contribution >= 0.6 is 0 Å². The summed E-state index contributed by atoms with van der Waals surface area (Å²) in [5, 5.41) is 20.3. The molecule has 2 N–H and O–H groups in total. The fraction of sp³-hybridized carbons (Fsp3) is 0.889. The lowest BCUT2D eigenvalue weighted by molar-refractivity contribution is -0.129. The number of aliphatic hydroxyl groups is 2. The molecule has 0 amide bonds. The van der Waals surface area contributed by atoms with E-state index < -0.39 is 0 Å². The maximum absolute atomic E-state index is 10.3. The molecule has 7 aliphatic carbocycles. The highest BCUT2D eigenvalue weighted by atomic mass is 16.3. The Hall–Kier alpha value is -0.860. The van der Waals surface area contributed by atoms with Crippen LogP contribution in [0.3, 0.4) is 0 Å². The maximum atomic E-state index is 10.3. The fourth-order valence-corrected chi connectivity index (χ4v) is 15.9. The molecule has 0 saturated heterocycles. The summed E-state index contributed by atoms with van der Waals surface area (Å²) in [7, 11) is 0. The third kappa shape index (κ3) is 9.53. The van der Waals surface area contributed by atoms with E-state index in [4.69, 9.17) is 0 Å². The molecule has 0 unspecified atom stereocenters. The van der Waals surface area contributed by atoms with Crippen LogP contribution in [0.2, 0.25) is 0 Å². The lowest BCUT2D eigenvalue weighted by atomic mass is 9.44. The van der Waals surface area contributed by atoms with Gasteiger partial charge in [0.15, 0.2) is 0 Å². The molecule has 0 spiro atoms. The quantitative estimate of drug-likeness (QED) is 0.220. The number of fused-ring (bicyclic) bond motifs is 6. The second kappa shape index (κ2) is 18.8. The molecule has 56 heavy (non-hydrogen) atoms. The minimum Gasteiger partial charge on any atom is -0.393 e. The van der Waals surface area contributed by atoms with Gasteiger partial charge >= 0.3 is 0 Å². The molecule has 320 valence electrons. The summed E-state index contributed by atoms with van der Waals surface area (Å²) in [4.78, 5) is 0. The first-order chi connectivity index (χ1) is 26.6. The van der Waals surface area contributed by atoms with Crippen LogP contribution in [-0.2, 0) is 0 Å². The first-order valence-electron chi connectivity index (χ1n) is 25.0. The first-order valence-corrected chi connectivity index (χ1v) is 25.0. The van der Waals surface area contributed by atoms with Gasteiger partial charge in [-0.25, -0.2) is 0 Å². The predicted octanol–water partition coefficient (Wildman–Crippen LogP) is 15.1. The van der Waals surface area contributed by atoms with Crippen molar-refractivity contribution in [3.05, 3.63) is 35.5 Å². The predicted molar refractivity (Wildman–Crippen MR) is 240 cm³/mol. The van der Waals surface area contributed by atoms with E-state index in [1.807, 2.05) is 0 Å². The number of aliphatic hydroxyl groups excluding tert-OH is 2. The summed E-state index contributed by atoms with van der Waals surface area (Å²) >= 11 is 0. The molecule has 0 aromatic carbocycles. The minimum atomic E-state index is -0.172. The van der Waals surface area contributed by atoms with Gasteiger partial charge in [-0.15, -0.1) is 0 Å². The number of rotatable bonds is 11. The van der Waals surface area contributed by atoms with E-state index in [2.05, 4.69) is 81.0 Å². The lowest BCUT2D eigenvalue weighted by Crippen LogP contribution is -2.54. The Morgan fingerprint density at radius 1 is 0.625 bits per heavy atom. The van der Waals surface area contributed by atoms with Gasteiger partial charge in [0.05, 0.1) is 12.2 Å². The van der Waals surface area contributed by atoms with E-state index in [0.717, 1.165) is 97.2 Å². The van der Waals surface area contributed by atoms with E-state index in [1.54, 1.807) is 5.57 Å². The van der Waals surface area contributed by atoms with E-state index in [-0.39, 0.29) is 12.2 Å². The third-order valence-corrected chi connectivity index (χ3v) is 19.2. The molecule has 0 aromatic heterocycles. The molecule has 7 fully saturated rings. The summed E-state index contributed by atoms with van der Waals surface area (Å²) < 4.78 is 0. The van der Waals surface area contributed by atoms with Crippen LogP contribution in [0.5, 0.6) is 0 Å². The van der Waals surface area contributed by atoms with E-state index in [0.29, 0.717) is 16.2 Å². The van der Waals surface area contributed by atoms with Gasteiger partial charge in [-0.3, -0.25) is 0 Å². The molecule has 0 heterocycles. The SMILES string of the molecule is C=C1CC[C@H](O)C/C1=C/C=C1\CCC[C@]2(C)[C@@H]([C@H](C)CCCC(C)C)CC[C@@H]12.CC(C)CCC[C@@H](C)[C@H]1CC[C@H]2[C@@H]3CC[C@H]4C[C@@H](O)CC[C@]4(C)[C@H]3CC[C@]12C. The Balaban J connectivity index is 0.000000190. The number of allylic oxidation sites excluding steroid dienone is 4. The topological polar surface area (TPSA) is 40.5 Å². The van der Waals surface area contributed by atoms with Crippen LogP contribution < -0.4 is 0 Å². The van der Waals surface area contributed by atoms with Crippen molar-refractivity contribution in [3.8, 4) is 0 Å². The first kappa shape index (κ1) is 44.7. The van der Waals surface area contributed by atoms with Gasteiger partial charge in [0.1, 0.15) is 0 Å². The van der Waals surface area contributed by atoms with Gasteiger partial charge in [0, 0.05) is 0 Å². The highest BCUT2D eigenvalue weighted by Gasteiger charge is 2.60. The van der Waals surface area contributed by atoms with Crippen molar-refractivity contribution < 1.29 is 10.2 Å². The zero-order valence-corrected chi connectivity index (χ0v) is 38.5. The Kier molecular flexibility index (Phi) is 15.0. The van der Waals surface area contributed by atoms with Gasteiger partial charge in [0.2, 0.25) is 0 Å². The van der Waals surface area contributed by atoms with Gasteiger partial charge < -0.3 is 10.2 Å². The molecule has 7 aliphatic rings. The van der Waals surface area contributed by atoms with E-state index in [9.17, 15) is 10.2 Å². The maximum Gasteiger partial charge on any atom is 0.0583 e. The summed E-state index contributed by atoms with van der Waals surface area (Å²) in [5.41, 5.74) is 5.87. The normalized spacial score (nSPS) is 43.5. The molecule has 0 radical (unpaired) electrons. The largest absolute Gasteiger partial charge is 0.393 e. The van der Waals surface area contributed by atoms with Crippen molar-refractivity contribution >= 4 is 0 Å². The molecule has 0 aliphatic heterocycles. The Labute approximate surface area is 348 Å². The second-order valence-electron chi connectivity index (χ2n) is 23.4. The molecule has 0 bridgehead atoms. The molecule has 14 atom stereocenters. The number of hydrogen-bond acceptors (Lipinski definition) is 2. The molecular formula is C54H92O2. The average Bonchev–Trinajstić information content (AvgIpc) is 3.69. The average molecular weight is 773 g/mol. The summed E-state index contributed by atoms with van der Waals surface area (Å²) in [5.74, 6) is 9.86. The minimum absolute atomic E-state index is 0.00830. The molecular weight excluding hydrogens is 681 g/mol. The zero-order valence-electron chi connectivity index (χ0n) is 38.5. The van der Waals surface area contributed by atoms with Gasteiger partial charge in [0.25, 0.3) is 0 Å². The zero-order chi connectivity index (χ0) is 40.4. The highest BCUT2D eigenvalue weighted by molar-refractivity contribution is 5.36. The van der Waals surface area contributed by atoms with E-state index >= 15 is 0 Å². The molecule has 0 aromatic rings. The fourth-order valence-electron chi connectivity index (χ4n) is 15.9. The third-order valence-electron chi connectivity index (χ3n) is 19.2. The van der Waals surface area contributed by atoms with Crippen molar-refractivity contribution in [1.29, 1.82) is 0 Å². The summed E-state index contributed by atoms with van der Waals surface area (Å²) in [6.07, 6.45) is 34.8. The van der Waals surface area contributed by atoms with Gasteiger partial charge in [-0.05, 0) is 196 Å². The van der Waals surface area contributed by atoms with Gasteiger partial charge in [-0.2, -0.15) is 0 Å². The smallest absolute Gasteiger partial charge is 0.0583 e. The molecule has 7 rings (SSSR count). The highest BCUT2D eigenvalue weighted by Crippen LogP contribution is 2.68. The summed E-state index contributed by atoms with van der Waals surface area (Å²) in [6, 6.07) is 0. The monoisotopic (exact) mass is 773 g/mol. The Morgan fingerprint density at radius 3 is 1.93 bits per heavy atom. The standard InChI is InChI=1S/C27H48O.C27H44O/c1-18(2)7-6-8-19(3)23-11-12-24-22-10-9-20-17-21(28)13-15-26(20,4)25(22)14-16-27(23,24)5;1-19(2)8-6-9-21(4)25-15-16-26-22(10-7-17-27(25,26)5)12-13-23-18-24(28)14-11-20(23)3/h18-25,28H,6-17H2,1-5H3;12-13,19,21,24-26,28H,3,6-11,14-18H2,1-2,4-5H3/b;22-12+,23-13-/t19-,20+,21+,22+,23-,24+,25+,26+,27-;21-,24+,25-,26+,27-/m11/s1. The number of hydrogen-bond donors (Lipinski definition) is 2. The molecule has 7 saturated carbocycles. The Morgan fingerprint density at radius 2 is 1.25 bits per heavy atom. The Bertz CT molecular complexity index is 1350. The van der Waals surface area contributed by atoms with Crippen LogP contribution in [0.4, 0.5) is 0 Å². The van der Waals surface area contributed by atoms with E-state index in [1.165, 1.54) is 127 Å². The van der Waals surface area contributed by atoms with Crippen molar-refractivity contribution in [2.75, 3.05) is 0 Å². The molecule has 2 heteroatoms. The molecule has 2 nitrogen and oxygen atoms in total.